The molecule has 420 valence electrons. The minimum absolute atomic E-state index is 0.0327. The Kier molecular flexibility index (Phi) is 55.4. The second-order valence-corrected chi connectivity index (χ2v) is 21.3. The van der Waals surface area contributed by atoms with Gasteiger partial charge in [0, 0.05) is 25.7 Å². The van der Waals surface area contributed by atoms with E-state index in [1.807, 2.05) is 0 Å². The molecule has 0 amide bonds. The van der Waals surface area contributed by atoms with Gasteiger partial charge in [-0.1, -0.05) is 285 Å². The molecular weight excluding hydrogens is 889 g/mol. The third-order valence-electron chi connectivity index (χ3n) is 14.0. The van der Waals surface area contributed by atoms with Crippen LogP contribution in [0.1, 0.15) is 336 Å². The van der Waals surface area contributed by atoms with Crippen LogP contribution in [0.4, 0.5) is 0 Å². The lowest BCUT2D eigenvalue weighted by Crippen LogP contribution is -2.34. The molecule has 0 aliphatic carbocycles. The van der Waals surface area contributed by atoms with E-state index < -0.39 is 12.2 Å². The van der Waals surface area contributed by atoms with Crippen molar-refractivity contribution in [3.8, 4) is 0 Å². The van der Waals surface area contributed by atoms with E-state index in [0.717, 1.165) is 77.0 Å². The smallest absolute Gasteiger partial charge is 0.306 e. The van der Waals surface area contributed by atoms with Crippen molar-refractivity contribution in [2.45, 2.75) is 348 Å². The second-order valence-electron chi connectivity index (χ2n) is 21.3. The number of unbranched alkanes of at least 4 members (excludes halogenated alkanes) is 40. The normalized spacial score (nSPS) is 12.2. The highest BCUT2D eigenvalue weighted by atomic mass is 16.6. The standard InChI is InChI=1S/C62H118O9/c1-5-9-13-17-21-25-29-33-37-41-45-49-59(63)68-55-57(70-61(65)51-47-43-39-35-31-27-23-19-15-11-7-3)53-67-54-58(71-62(66)52-48-44-40-36-32-28-24-20-16-12-8-4)56-69-60(64)50-46-42-38-34-30-26-22-18-14-10-6-2/h57-58H,5-56H2,1-4H3. The lowest BCUT2D eigenvalue weighted by molar-refractivity contribution is -0.169. The van der Waals surface area contributed by atoms with E-state index in [2.05, 4.69) is 27.7 Å². The average molecular weight is 1010 g/mol. The van der Waals surface area contributed by atoms with Gasteiger partial charge in [-0.15, -0.1) is 0 Å². The maximum atomic E-state index is 13.1. The third kappa shape index (κ3) is 53.9. The highest BCUT2D eigenvalue weighted by Crippen LogP contribution is 2.17. The molecule has 0 aromatic carbocycles. The van der Waals surface area contributed by atoms with Gasteiger partial charge in [-0.2, -0.15) is 0 Å². The molecule has 0 spiro atoms. The number of rotatable bonds is 58. The van der Waals surface area contributed by atoms with Crippen LogP contribution in [0.15, 0.2) is 0 Å². The minimum atomic E-state index is -0.798. The molecule has 2 unspecified atom stereocenters. The molecule has 0 rings (SSSR count). The Labute approximate surface area is 439 Å². The van der Waals surface area contributed by atoms with Gasteiger partial charge in [-0.3, -0.25) is 19.2 Å². The van der Waals surface area contributed by atoms with Crippen LogP contribution in [-0.2, 0) is 42.9 Å². The molecule has 0 N–H and O–H groups in total. The summed E-state index contributed by atoms with van der Waals surface area (Å²) in [5.74, 6) is -1.26. The fourth-order valence-corrected chi connectivity index (χ4v) is 9.30. The fourth-order valence-electron chi connectivity index (χ4n) is 9.30. The molecule has 0 fully saturated rings. The maximum Gasteiger partial charge on any atom is 0.306 e. The molecule has 0 bridgehead atoms. The molecule has 0 heterocycles. The Morgan fingerprint density at radius 2 is 0.423 bits per heavy atom. The van der Waals surface area contributed by atoms with Crippen LogP contribution in [0, 0.1) is 0 Å². The van der Waals surface area contributed by atoms with Gasteiger partial charge in [0.1, 0.15) is 13.2 Å². The van der Waals surface area contributed by atoms with Gasteiger partial charge >= 0.3 is 23.9 Å². The van der Waals surface area contributed by atoms with Crippen LogP contribution in [0.2, 0.25) is 0 Å². The third-order valence-corrected chi connectivity index (χ3v) is 14.0. The summed E-state index contributed by atoms with van der Waals surface area (Å²) in [4.78, 5) is 51.8. The van der Waals surface area contributed by atoms with E-state index in [9.17, 15) is 19.2 Å². The predicted molar refractivity (Wildman–Crippen MR) is 297 cm³/mol. The van der Waals surface area contributed by atoms with Gasteiger partial charge in [0.25, 0.3) is 0 Å². The quantitative estimate of drug-likeness (QED) is 0.0334. The van der Waals surface area contributed by atoms with Gasteiger partial charge in [-0.05, 0) is 25.7 Å². The summed E-state index contributed by atoms with van der Waals surface area (Å²) in [6.07, 6.45) is 52.4. The summed E-state index contributed by atoms with van der Waals surface area (Å²) in [5, 5.41) is 0. The van der Waals surface area contributed by atoms with Crippen molar-refractivity contribution in [2.75, 3.05) is 26.4 Å². The number of ether oxygens (including phenoxy) is 5. The van der Waals surface area contributed by atoms with Crippen LogP contribution in [0.5, 0.6) is 0 Å². The molecule has 2 atom stereocenters. The van der Waals surface area contributed by atoms with E-state index in [1.165, 1.54) is 205 Å². The molecule has 9 heteroatoms. The van der Waals surface area contributed by atoms with E-state index >= 15 is 0 Å². The van der Waals surface area contributed by atoms with Gasteiger partial charge in [0.15, 0.2) is 12.2 Å². The Bertz CT molecular complexity index is 1060. The first kappa shape index (κ1) is 68.8. The second kappa shape index (κ2) is 57.1. The van der Waals surface area contributed by atoms with E-state index in [4.69, 9.17) is 23.7 Å². The first-order valence-electron chi connectivity index (χ1n) is 31.1. The fraction of sp³-hybridized carbons (Fsp3) is 0.935. The van der Waals surface area contributed by atoms with Crippen molar-refractivity contribution in [1.29, 1.82) is 0 Å². The van der Waals surface area contributed by atoms with Gasteiger partial charge < -0.3 is 23.7 Å². The Morgan fingerprint density at radius 1 is 0.239 bits per heavy atom. The summed E-state index contributed by atoms with van der Waals surface area (Å²) in [6, 6.07) is 0. The van der Waals surface area contributed by atoms with Crippen LogP contribution >= 0.6 is 0 Å². The zero-order valence-electron chi connectivity index (χ0n) is 47.6. The maximum absolute atomic E-state index is 13.1. The molecule has 0 saturated carbocycles. The number of hydrogen-bond acceptors (Lipinski definition) is 9. The van der Waals surface area contributed by atoms with E-state index in [-0.39, 0.29) is 50.3 Å². The summed E-state index contributed by atoms with van der Waals surface area (Å²) in [7, 11) is 0. The number of esters is 4. The SMILES string of the molecule is CCCCCCCCCCCCCC(=O)OCC(COCC(COC(=O)CCCCCCCCCCCCC)OC(=O)CCCCCCCCCCCCC)OC(=O)CCCCCCCCCCCCC. The molecule has 0 saturated heterocycles. The van der Waals surface area contributed by atoms with Crippen LogP contribution in [0.25, 0.3) is 0 Å². The number of hydrogen-bond donors (Lipinski definition) is 0. The summed E-state index contributed by atoms with van der Waals surface area (Å²) in [5.41, 5.74) is 0. The van der Waals surface area contributed by atoms with Crippen molar-refractivity contribution < 1.29 is 42.9 Å². The highest BCUT2D eigenvalue weighted by molar-refractivity contribution is 5.71. The van der Waals surface area contributed by atoms with Crippen molar-refractivity contribution >= 4 is 23.9 Å². The summed E-state index contributed by atoms with van der Waals surface area (Å²) >= 11 is 0. The molecule has 71 heavy (non-hydrogen) atoms. The predicted octanol–water partition coefficient (Wildman–Crippen LogP) is 18.7. The molecular formula is C62H118O9. The monoisotopic (exact) mass is 1010 g/mol. The van der Waals surface area contributed by atoms with Gasteiger partial charge in [0.05, 0.1) is 13.2 Å². The van der Waals surface area contributed by atoms with Crippen LogP contribution in [0.3, 0.4) is 0 Å². The molecule has 0 aromatic heterocycles. The molecule has 9 nitrogen and oxygen atoms in total. The zero-order valence-corrected chi connectivity index (χ0v) is 47.6. The van der Waals surface area contributed by atoms with Crippen molar-refractivity contribution in [1.82, 2.24) is 0 Å². The largest absolute Gasteiger partial charge is 0.462 e. The van der Waals surface area contributed by atoms with E-state index in [1.54, 1.807) is 0 Å². The highest BCUT2D eigenvalue weighted by Gasteiger charge is 2.22. The molecule has 0 aromatic rings. The van der Waals surface area contributed by atoms with Crippen molar-refractivity contribution in [3.05, 3.63) is 0 Å². The topological polar surface area (TPSA) is 114 Å². The minimum Gasteiger partial charge on any atom is -0.462 e. The molecule has 0 aliphatic rings. The Balaban J connectivity index is 5.18. The lowest BCUT2D eigenvalue weighted by Gasteiger charge is -2.21. The summed E-state index contributed by atoms with van der Waals surface area (Å²) < 4.78 is 29.1. The Hall–Kier alpha value is -2.16. The van der Waals surface area contributed by atoms with E-state index in [0.29, 0.717) is 25.7 Å². The number of carbonyl (C=O) groups excluding carboxylic acids is 4. The zero-order chi connectivity index (χ0) is 51.8. The average Bonchev–Trinajstić information content (AvgIpc) is 3.36. The van der Waals surface area contributed by atoms with Gasteiger partial charge in [-0.25, -0.2) is 0 Å². The first-order chi connectivity index (χ1) is 34.9. The van der Waals surface area contributed by atoms with Crippen molar-refractivity contribution in [2.24, 2.45) is 0 Å². The Morgan fingerprint density at radius 3 is 0.634 bits per heavy atom. The molecule has 0 aliphatic heterocycles. The van der Waals surface area contributed by atoms with Gasteiger partial charge in [0.2, 0.25) is 0 Å². The summed E-state index contributed by atoms with van der Waals surface area (Å²) in [6.45, 7) is 8.73. The van der Waals surface area contributed by atoms with Crippen LogP contribution < -0.4 is 0 Å². The van der Waals surface area contributed by atoms with Crippen LogP contribution in [-0.4, -0.2) is 62.5 Å². The molecule has 0 radical (unpaired) electrons. The lowest BCUT2D eigenvalue weighted by atomic mass is 10.1. The van der Waals surface area contributed by atoms with Crippen molar-refractivity contribution in [3.63, 3.8) is 0 Å². The number of carbonyl (C=O) groups is 4. The first-order valence-corrected chi connectivity index (χ1v) is 31.1.